The van der Waals surface area contributed by atoms with Crippen molar-refractivity contribution < 1.29 is 10.2 Å². The fourth-order valence-electron chi connectivity index (χ4n) is 1.04. The molecule has 0 radical (unpaired) electrons. The number of unbranched alkanes of at least 4 members (excludes halogenated alkanes) is 2. The van der Waals surface area contributed by atoms with Crippen LogP contribution in [0, 0.1) is 0 Å². The van der Waals surface area contributed by atoms with E-state index in [1.54, 1.807) is 0 Å². The van der Waals surface area contributed by atoms with Crippen molar-refractivity contribution in [2.45, 2.75) is 45.3 Å². The van der Waals surface area contributed by atoms with E-state index in [2.05, 4.69) is 12.2 Å². The van der Waals surface area contributed by atoms with Gasteiger partial charge >= 0.3 is 0 Å². The van der Waals surface area contributed by atoms with Gasteiger partial charge in [0.25, 0.3) is 0 Å². The quantitative estimate of drug-likeness (QED) is 0.379. The summed E-state index contributed by atoms with van der Waals surface area (Å²) in [6, 6.07) is 0. The lowest BCUT2D eigenvalue weighted by Gasteiger charge is -2.11. The summed E-state index contributed by atoms with van der Waals surface area (Å²) in [5.41, 5.74) is 0. The van der Waals surface area contributed by atoms with Crippen molar-refractivity contribution in [1.82, 2.24) is 5.32 Å². The Morgan fingerprint density at radius 1 is 1.25 bits per heavy atom. The van der Waals surface area contributed by atoms with Gasteiger partial charge in [0.2, 0.25) is 0 Å². The van der Waals surface area contributed by atoms with E-state index in [-0.39, 0.29) is 12.8 Å². The van der Waals surface area contributed by atoms with Gasteiger partial charge in [0, 0.05) is 6.61 Å². The largest absolute Gasteiger partial charge is 0.396 e. The molecule has 0 spiro atoms. The molecule has 0 saturated carbocycles. The number of nitrogens with one attached hydrogen (secondary N) is 1. The van der Waals surface area contributed by atoms with Gasteiger partial charge < -0.3 is 10.2 Å². The normalized spacial score (nSPS) is 13.2. The molecule has 3 nitrogen and oxygen atoms in total. The Hall–Kier alpha value is -0.120. The van der Waals surface area contributed by atoms with Crippen LogP contribution < -0.4 is 5.32 Å². The number of hydrogen-bond acceptors (Lipinski definition) is 3. The first kappa shape index (κ1) is 11.9. The van der Waals surface area contributed by atoms with E-state index in [0.29, 0.717) is 13.0 Å². The summed E-state index contributed by atoms with van der Waals surface area (Å²) < 4.78 is 0. The van der Waals surface area contributed by atoms with E-state index in [0.717, 1.165) is 12.8 Å². The summed E-state index contributed by atoms with van der Waals surface area (Å²) in [5.74, 6) is 0. The smallest absolute Gasteiger partial charge is 0.104 e. The van der Waals surface area contributed by atoms with Crippen LogP contribution in [0.2, 0.25) is 0 Å². The van der Waals surface area contributed by atoms with Crippen molar-refractivity contribution in [2.24, 2.45) is 0 Å². The van der Waals surface area contributed by atoms with Crippen LogP contribution in [0.4, 0.5) is 0 Å². The predicted molar refractivity (Wildman–Crippen MR) is 49.9 cm³/mol. The molecular weight excluding hydrogens is 154 g/mol. The molecule has 74 valence electrons. The molecule has 0 heterocycles. The summed E-state index contributed by atoms with van der Waals surface area (Å²) in [4.78, 5) is 0. The van der Waals surface area contributed by atoms with Crippen molar-refractivity contribution in [2.75, 3.05) is 13.2 Å². The zero-order valence-electron chi connectivity index (χ0n) is 7.92. The van der Waals surface area contributed by atoms with Gasteiger partial charge in [0.15, 0.2) is 0 Å². The van der Waals surface area contributed by atoms with Crippen LogP contribution in [0.1, 0.15) is 39.0 Å². The number of aliphatic hydroxyl groups excluding tert-OH is 2. The molecule has 0 rings (SSSR count). The maximum atomic E-state index is 9.31. The minimum atomic E-state index is -0.386. The van der Waals surface area contributed by atoms with Crippen LogP contribution in [0.25, 0.3) is 0 Å². The molecule has 0 aromatic rings. The third-order valence-corrected chi connectivity index (χ3v) is 1.80. The lowest BCUT2D eigenvalue weighted by Crippen LogP contribution is -2.29. The second kappa shape index (κ2) is 8.97. The summed E-state index contributed by atoms with van der Waals surface area (Å²) in [7, 11) is 0. The highest BCUT2D eigenvalue weighted by Crippen LogP contribution is 2.00. The Morgan fingerprint density at radius 3 is 2.58 bits per heavy atom. The van der Waals surface area contributed by atoms with E-state index in [9.17, 15) is 5.11 Å². The summed E-state index contributed by atoms with van der Waals surface area (Å²) >= 11 is 0. The van der Waals surface area contributed by atoms with E-state index in [1.807, 2.05) is 0 Å². The van der Waals surface area contributed by atoms with Crippen molar-refractivity contribution in [3.8, 4) is 0 Å². The van der Waals surface area contributed by atoms with Crippen LogP contribution >= 0.6 is 0 Å². The van der Waals surface area contributed by atoms with Crippen molar-refractivity contribution in [3.63, 3.8) is 0 Å². The van der Waals surface area contributed by atoms with Gasteiger partial charge in [-0.05, 0) is 25.8 Å². The minimum absolute atomic E-state index is 0.189. The predicted octanol–water partition coefficient (Wildman–Crippen LogP) is 0.857. The van der Waals surface area contributed by atoms with Crippen molar-refractivity contribution >= 4 is 0 Å². The van der Waals surface area contributed by atoms with Gasteiger partial charge in [-0.1, -0.05) is 19.8 Å². The molecule has 1 atom stereocenters. The molecule has 0 aliphatic rings. The van der Waals surface area contributed by atoms with E-state index in [1.165, 1.54) is 12.8 Å². The Balaban J connectivity index is 3.04. The standard InChI is InChI=1S/C9H21NO2/c1-2-3-4-6-9(12)10-7-5-8-11/h9-12H,2-8H2,1H3. The molecule has 0 aliphatic heterocycles. The molecule has 12 heavy (non-hydrogen) atoms. The van der Waals surface area contributed by atoms with E-state index in [4.69, 9.17) is 5.11 Å². The summed E-state index contributed by atoms with van der Waals surface area (Å²) in [6.45, 7) is 3.03. The topological polar surface area (TPSA) is 52.5 Å². The molecule has 0 aliphatic carbocycles. The first-order valence-electron chi connectivity index (χ1n) is 4.83. The lowest BCUT2D eigenvalue weighted by molar-refractivity contribution is 0.122. The first-order chi connectivity index (χ1) is 5.81. The Bertz CT molecular complexity index is 78.6. The molecule has 0 fully saturated rings. The van der Waals surface area contributed by atoms with Crippen LogP contribution in [0.5, 0.6) is 0 Å². The zero-order chi connectivity index (χ0) is 9.23. The molecule has 3 N–H and O–H groups in total. The summed E-state index contributed by atoms with van der Waals surface area (Å²) in [5, 5.41) is 20.7. The Morgan fingerprint density at radius 2 is 2.00 bits per heavy atom. The monoisotopic (exact) mass is 175 g/mol. The van der Waals surface area contributed by atoms with Gasteiger partial charge in [-0.25, -0.2) is 0 Å². The second-order valence-corrected chi connectivity index (χ2v) is 3.04. The third-order valence-electron chi connectivity index (χ3n) is 1.80. The van der Waals surface area contributed by atoms with Gasteiger partial charge in [0.1, 0.15) is 6.23 Å². The average Bonchev–Trinajstić information content (AvgIpc) is 2.06. The number of rotatable bonds is 8. The highest BCUT2D eigenvalue weighted by molar-refractivity contribution is 4.53. The van der Waals surface area contributed by atoms with Crippen LogP contribution in [-0.2, 0) is 0 Å². The lowest BCUT2D eigenvalue weighted by atomic mass is 10.2. The molecule has 1 unspecified atom stereocenters. The Kier molecular flexibility index (Phi) is 8.88. The zero-order valence-corrected chi connectivity index (χ0v) is 7.92. The van der Waals surface area contributed by atoms with Crippen molar-refractivity contribution in [3.05, 3.63) is 0 Å². The van der Waals surface area contributed by atoms with Crippen LogP contribution in [0.15, 0.2) is 0 Å². The first-order valence-corrected chi connectivity index (χ1v) is 4.83. The minimum Gasteiger partial charge on any atom is -0.396 e. The van der Waals surface area contributed by atoms with Gasteiger partial charge in [-0.2, -0.15) is 0 Å². The highest BCUT2D eigenvalue weighted by Gasteiger charge is 2.00. The SMILES string of the molecule is CCCCCC(O)NCCCO. The number of hydrogen-bond donors (Lipinski definition) is 3. The number of aliphatic hydroxyl groups is 2. The molecule has 0 amide bonds. The summed E-state index contributed by atoms with van der Waals surface area (Å²) in [6.07, 6.45) is 4.58. The maximum Gasteiger partial charge on any atom is 0.104 e. The molecule has 0 saturated heterocycles. The molecule has 3 heteroatoms. The molecule has 0 aromatic carbocycles. The van der Waals surface area contributed by atoms with E-state index < -0.39 is 0 Å². The molecule has 0 bridgehead atoms. The van der Waals surface area contributed by atoms with E-state index >= 15 is 0 Å². The third kappa shape index (κ3) is 7.98. The molecule has 0 aromatic heterocycles. The van der Waals surface area contributed by atoms with Crippen molar-refractivity contribution in [1.29, 1.82) is 0 Å². The van der Waals surface area contributed by atoms with Gasteiger partial charge in [-0.15, -0.1) is 0 Å². The fraction of sp³-hybridized carbons (Fsp3) is 1.00. The Labute approximate surface area is 74.8 Å². The second-order valence-electron chi connectivity index (χ2n) is 3.04. The fourth-order valence-corrected chi connectivity index (χ4v) is 1.04. The maximum absolute atomic E-state index is 9.31. The van der Waals surface area contributed by atoms with Gasteiger partial charge in [0.05, 0.1) is 0 Å². The highest BCUT2D eigenvalue weighted by atomic mass is 16.3. The average molecular weight is 175 g/mol. The van der Waals surface area contributed by atoms with Crippen LogP contribution in [0.3, 0.4) is 0 Å². The van der Waals surface area contributed by atoms with Gasteiger partial charge in [-0.3, -0.25) is 5.32 Å². The van der Waals surface area contributed by atoms with Crippen LogP contribution in [-0.4, -0.2) is 29.6 Å². The molecular formula is C9H21NO2.